The molecule has 4 rings (SSSR count). The van der Waals surface area contributed by atoms with E-state index in [9.17, 15) is 4.79 Å². The Morgan fingerprint density at radius 2 is 1.80 bits per heavy atom. The Balaban J connectivity index is 1.32. The van der Waals surface area contributed by atoms with Crippen molar-refractivity contribution in [3.63, 3.8) is 0 Å². The van der Waals surface area contributed by atoms with Gasteiger partial charge in [-0.3, -0.25) is 4.79 Å². The van der Waals surface area contributed by atoms with Crippen molar-refractivity contribution in [2.24, 2.45) is 0 Å². The maximum atomic E-state index is 12.4. The highest BCUT2D eigenvalue weighted by Crippen LogP contribution is 2.34. The zero-order chi connectivity index (χ0) is 17.1. The van der Waals surface area contributed by atoms with Crippen LogP contribution in [0.15, 0.2) is 59.5 Å². The molecule has 2 aromatic carbocycles. The Hall–Kier alpha value is -1.85. The maximum absolute atomic E-state index is 12.4. The minimum atomic E-state index is 0.247. The summed E-state index contributed by atoms with van der Waals surface area (Å²) in [6.45, 7) is 1.68. The van der Waals surface area contributed by atoms with E-state index in [1.54, 1.807) is 23.1 Å². The van der Waals surface area contributed by atoms with Gasteiger partial charge in [-0.2, -0.15) is 0 Å². The number of para-hydroxylation sites is 1. The molecule has 25 heavy (non-hydrogen) atoms. The predicted octanol–water partition coefficient (Wildman–Crippen LogP) is 4.79. The number of piperidine rings is 1. The lowest BCUT2D eigenvalue weighted by Gasteiger charge is -2.31. The van der Waals surface area contributed by atoms with Crippen molar-refractivity contribution in [2.75, 3.05) is 18.8 Å². The van der Waals surface area contributed by atoms with Crippen LogP contribution in [0, 0.1) is 0 Å². The van der Waals surface area contributed by atoms with Gasteiger partial charge in [-0.25, -0.2) is 4.98 Å². The first kappa shape index (κ1) is 16.6. The number of hydrogen-bond donors (Lipinski definition) is 0. The van der Waals surface area contributed by atoms with E-state index in [1.807, 2.05) is 29.2 Å². The van der Waals surface area contributed by atoms with Crippen LogP contribution in [0.2, 0.25) is 0 Å². The smallest absolute Gasteiger partial charge is 0.232 e. The first-order valence-electron chi connectivity index (χ1n) is 8.61. The Morgan fingerprint density at radius 3 is 2.56 bits per heavy atom. The fourth-order valence-corrected chi connectivity index (χ4v) is 5.15. The number of amides is 1. The molecule has 0 N–H and O–H groups in total. The molecule has 0 bridgehead atoms. The molecule has 0 aliphatic carbocycles. The minimum absolute atomic E-state index is 0.247. The number of carbonyl (C=O) groups excluding carboxylic acids is 1. The fourth-order valence-electron chi connectivity index (χ4n) is 3.19. The lowest BCUT2D eigenvalue weighted by atomic mass is 9.97. The molecule has 3 aromatic rings. The molecule has 3 nitrogen and oxygen atoms in total. The summed E-state index contributed by atoms with van der Waals surface area (Å²) < 4.78 is 1.26. The van der Waals surface area contributed by atoms with Gasteiger partial charge in [0.25, 0.3) is 0 Å². The van der Waals surface area contributed by atoms with E-state index in [1.165, 1.54) is 9.71 Å². The Labute approximate surface area is 156 Å². The first-order chi connectivity index (χ1) is 12.3. The number of thioether (sulfide) groups is 1. The molecule has 128 valence electrons. The Bertz CT molecular complexity index is 821. The average molecular weight is 369 g/mol. The minimum Gasteiger partial charge on any atom is -0.342 e. The van der Waals surface area contributed by atoms with E-state index < -0.39 is 0 Å². The number of likely N-dealkylation sites (tertiary alicyclic amines) is 1. The third-order valence-electron chi connectivity index (χ3n) is 4.61. The van der Waals surface area contributed by atoms with Crippen molar-refractivity contribution < 1.29 is 4.79 Å². The van der Waals surface area contributed by atoms with Crippen molar-refractivity contribution >= 4 is 39.2 Å². The summed E-state index contributed by atoms with van der Waals surface area (Å²) in [7, 11) is 0. The summed E-state index contributed by atoms with van der Waals surface area (Å²) >= 11 is 3.42. The monoisotopic (exact) mass is 368 g/mol. The summed E-state index contributed by atoms with van der Waals surface area (Å²) in [5, 5.41) is 1.23. The lowest BCUT2D eigenvalue weighted by Crippen LogP contribution is -2.38. The Morgan fingerprint density at radius 1 is 1.08 bits per heavy atom. The molecule has 5 heteroatoms. The largest absolute Gasteiger partial charge is 0.342 e. The number of rotatable bonds is 4. The molecule has 2 heterocycles. The van der Waals surface area contributed by atoms with Gasteiger partial charge in [-0.1, -0.05) is 30.3 Å². The third kappa shape index (κ3) is 3.88. The van der Waals surface area contributed by atoms with E-state index in [0.717, 1.165) is 36.3 Å². The number of fused-ring (bicyclic) bond motifs is 1. The molecule has 1 aromatic heterocycles. The first-order valence-corrected chi connectivity index (χ1v) is 10.4. The van der Waals surface area contributed by atoms with Crippen molar-refractivity contribution in [3.8, 4) is 0 Å². The summed E-state index contributed by atoms with van der Waals surface area (Å²) in [5.74, 6) is 1.26. The molecule has 1 fully saturated rings. The second-order valence-electron chi connectivity index (χ2n) is 6.28. The third-order valence-corrected chi connectivity index (χ3v) is 6.81. The summed E-state index contributed by atoms with van der Waals surface area (Å²) in [6, 6.07) is 18.4. The van der Waals surface area contributed by atoms with Crippen molar-refractivity contribution in [1.82, 2.24) is 9.88 Å². The van der Waals surface area contributed by atoms with Crippen LogP contribution >= 0.6 is 23.1 Å². The number of hydrogen-bond acceptors (Lipinski definition) is 4. The molecule has 0 saturated carbocycles. The SMILES string of the molecule is O=C(CSc1ccccc1)N1CCC(c2nc3ccccc3s2)CC1. The zero-order valence-corrected chi connectivity index (χ0v) is 15.6. The molecule has 1 aliphatic heterocycles. The van der Waals surface area contributed by atoms with Gasteiger partial charge in [0.15, 0.2) is 0 Å². The van der Waals surface area contributed by atoms with E-state index >= 15 is 0 Å². The van der Waals surface area contributed by atoms with Crippen LogP contribution < -0.4 is 0 Å². The molecule has 1 aliphatic rings. The Kier molecular flexibility index (Phi) is 5.04. The van der Waals surface area contributed by atoms with Crippen LogP contribution in [0.5, 0.6) is 0 Å². The number of carbonyl (C=O) groups is 1. The van der Waals surface area contributed by atoms with Gasteiger partial charge < -0.3 is 4.90 Å². The molecule has 1 saturated heterocycles. The van der Waals surface area contributed by atoms with Crippen LogP contribution in [-0.2, 0) is 4.79 Å². The average Bonchev–Trinajstić information content (AvgIpc) is 3.11. The fraction of sp³-hybridized carbons (Fsp3) is 0.300. The van der Waals surface area contributed by atoms with Gasteiger partial charge in [-0.15, -0.1) is 23.1 Å². The van der Waals surface area contributed by atoms with Gasteiger partial charge in [0.05, 0.1) is 21.0 Å². The highest BCUT2D eigenvalue weighted by Gasteiger charge is 2.25. The highest BCUT2D eigenvalue weighted by molar-refractivity contribution is 8.00. The highest BCUT2D eigenvalue weighted by atomic mass is 32.2. The van der Waals surface area contributed by atoms with Crippen LogP contribution in [0.3, 0.4) is 0 Å². The number of benzene rings is 2. The van der Waals surface area contributed by atoms with E-state index in [4.69, 9.17) is 4.98 Å². The molecule has 0 spiro atoms. The second-order valence-corrected chi connectivity index (χ2v) is 8.39. The summed E-state index contributed by atoms with van der Waals surface area (Å²) in [5.41, 5.74) is 1.10. The number of aromatic nitrogens is 1. The van der Waals surface area contributed by atoms with Crippen LogP contribution in [0.4, 0.5) is 0 Å². The van der Waals surface area contributed by atoms with Gasteiger partial charge in [-0.05, 0) is 37.1 Å². The number of thiazole rings is 1. The normalized spacial score (nSPS) is 15.6. The molecular formula is C20H20N2OS2. The molecule has 1 amide bonds. The maximum Gasteiger partial charge on any atom is 0.232 e. The van der Waals surface area contributed by atoms with Crippen LogP contribution in [0.25, 0.3) is 10.2 Å². The van der Waals surface area contributed by atoms with Gasteiger partial charge >= 0.3 is 0 Å². The number of nitrogens with zero attached hydrogens (tertiary/aromatic N) is 2. The quantitative estimate of drug-likeness (QED) is 0.621. The van der Waals surface area contributed by atoms with Crippen molar-refractivity contribution in [3.05, 3.63) is 59.6 Å². The topological polar surface area (TPSA) is 33.2 Å². The molecule has 0 radical (unpaired) electrons. The van der Waals surface area contributed by atoms with E-state index in [-0.39, 0.29) is 5.91 Å². The van der Waals surface area contributed by atoms with Crippen molar-refractivity contribution in [2.45, 2.75) is 23.7 Å². The zero-order valence-electron chi connectivity index (χ0n) is 13.9. The second kappa shape index (κ2) is 7.58. The van der Waals surface area contributed by atoms with Gasteiger partial charge in [0.2, 0.25) is 5.91 Å². The predicted molar refractivity (Wildman–Crippen MR) is 105 cm³/mol. The van der Waals surface area contributed by atoms with E-state index in [2.05, 4.69) is 30.3 Å². The van der Waals surface area contributed by atoms with Gasteiger partial charge in [0.1, 0.15) is 0 Å². The van der Waals surface area contributed by atoms with Crippen LogP contribution in [-0.4, -0.2) is 34.6 Å². The van der Waals surface area contributed by atoms with Crippen LogP contribution in [0.1, 0.15) is 23.8 Å². The summed E-state index contributed by atoms with van der Waals surface area (Å²) in [6.07, 6.45) is 2.03. The summed E-state index contributed by atoms with van der Waals surface area (Å²) in [4.78, 5) is 20.4. The molecule has 0 atom stereocenters. The lowest BCUT2D eigenvalue weighted by molar-refractivity contribution is -0.129. The van der Waals surface area contributed by atoms with E-state index in [0.29, 0.717) is 11.7 Å². The molecular weight excluding hydrogens is 348 g/mol. The standard InChI is InChI=1S/C20H20N2OS2/c23-19(14-24-16-6-2-1-3-7-16)22-12-10-15(11-13-22)20-21-17-8-4-5-9-18(17)25-20/h1-9,15H,10-14H2. The van der Waals surface area contributed by atoms with Gasteiger partial charge in [0, 0.05) is 23.9 Å². The van der Waals surface area contributed by atoms with Crippen molar-refractivity contribution in [1.29, 1.82) is 0 Å². The molecule has 0 unspecified atom stereocenters.